The molecule has 0 heterocycles. The topological polar surface area (TPSA) is 268 Å². The fourth-order valence-corrected chi connectivity index (χ4v) is 0. The van der Waals surface area contributed by atoms with Crippen LogP contribution in [0.5, 0.6) is 0 Å². The van der Waals surface area contributed by atoms with Gasteiger partial charge in [-0.05, 0) is 0 Å². The van der Waals surface area contributed by atoms with Gasteiger partial charge in [-0.3, -0.25) is 8.42 Å². The molecule has 10 nitrogen and oxygen atoms in total. The Morgan fingerprint density at radius 1 is 0.769 bits per heavy atom. The molecule has 13 heavy (non-hydrogen) atoms. The van der Waals surface area contributed by atoms with Gasteiger partial charge in [-0.25, -0.2) is 0 Å². The van der Waals surface area contributed by atoms with Gasteiger partial charge in [-0.2, -0.15) is 0 Å². The molecule has 0 aliphatic heterocycles. The summed E-state index contributed by atoms with van der Waals surface area (Å²) in [6.07, 6.45) is 0. The SMILES string of the molecule is O.O.O.O.O.O=S(=O)([O-])[O-].[Cu+2].[Na+].[OH-]. The minimum atomic E-state index is -5.17. The van der Waals surface area contributed by atoms with Gasteiger partial charge in [-0.15, -0.1) is 0 Å². The zero-order valence-electron chi connectivity index (χ0n) is 6.29. The molecule has 0 saturated carbocycles. The maximum atomic E-state index is 8.52. The molecular weight excluding hydrogens is 279 g/mol. The van der Waals surface area contributed by atoms with Crippen LogP contribution in [-0.2, 0) is 27.5 Å². The van der Waals surface area contributed by atoms with Crippen molar-refractivity contribution in [2.75, 3.05) is 0 Å². The van der Waals surface area contributed by atoms with Gasteiger partial charge < -0.3 is 42.0 Å². The fraction of sp³-hybridized carbons (Fsp3) is 0. The molecule has 0 bridgehead atoms. The standard InChI is InChI=1S/Cu.Na.H2O4S.6H2O/c;;1-5(2,3)4;;;;;;/h;;(H2,1,2,3,4);6*1H2/q+2;+1;;;;;;;/p-3. The van der Waals surface area contributed by atoms with E-state index in [1.54, 1.807) is 0 Å². The van der Waals surface area contributed by atoms with Crippen molar-refractivity contribution >= 4 is 10.4 Å². The molecule has 0 fully saturated rings. The third-order valence-electron chi connectivity index (χ3n) is 0. The molecule has 89 valence electrons. The predicted octanol–water partition coefficient (Wildman–Crippen LogP) is -8.64. The minimum Gasteiger partial charge on any atom is -0.870 e. The zero-order valence-corrected chi connectivity index (χ0v) is 10.0. The minimum absolute atomic E-state index is 0. The van der Waals surface area contributed by atoms with Crippen molar-refractivity contribution in [1.29, 1.82) is 0 Å². The van der Waals surface area contributed by atoms with E-state index < -0.39 is 10.4 Å². The van der Waals surface area contributed by atoms with Crippen molar-refractivity contribution in [3.05, 3.63) is 0 Å². The average Bonchev–Trinajstić information content (AvgIpc) is 0.722. The summed E-state index contributed by atoms with van der Waals surface area (Å²) in [5.41, 5.74) is 0. The third-order valence-corrected chi connectivity index (χ3v) is 0. The first-order valence-corrected chi connectivity index (χ1v) is 2.00. The fourth-order valence-electron chi connectivity index (χ4n) is 0. The van der Waals surface area contributed by atoms with E-state index in [4.69, 9.17) is 17.5 Å². The number of hydrogen-bond donors (Lipinski definition) is 0. The molecule has 0 saturated heterocycles. The quantitative estimate of drug-likeness (QED) is 0.238. The van der Waals surface area contributed by atoms with Crippen molar-refractivity contribution in [2.45, 2.75) is 0 Å². The smallest absolute Gasteiger partial charge is 0.870 e. The summed E-state index contributed by atoms with van der Waals surface area (Å²) in [5, 5.41) is 0. The van der Waals surface area contributed by atoms with Crippen LogP contribution in [0.2, 0.25) is 0 Å². The Balaban J connectivity index is -0.00000000286. The normalized spacial score (nSPS) is 4.46. The van der Waals surface area contributed by atoms with Crippen LogP contribution < -0.4 is 29.6 Å². The first kappa shape index (κ1) is 92.3. The van der Waals surface area contributed by atoms with Crippen molar-refractivity contribution in [3.63, 3.8) is 0 Å². The Bertz CT molecular complexity index is 98.1. The summed E-state index contributed by atoms with van der Waals surface area (Å²) >= 11 is 0. The summed E-state index contributed by atoms with van der Waals surface area (Å²) < 4.78 is 34.1. The first-order valence-electron chi connectivity index (χ1n) is 0.667. The Kier molecular flexibility index (Phi) is 270. The van der Waals surface area contributed by atoms with Gasteiger partial charge in [-0.1, -0.05) is 0 Å². The summed E-state index contributed by atoms with van der Waals surface area (Å²) in [5.74, 6) is 0. The Hall–Kier alpha value is 1.15. The molecule has 11 N–H and O–H groups in total. The maximum absolute atomic E-state index is 8.52. The van der Waals surface area contributed by atoms with Crippen molar-refractivity contribution in [2.24, 2.45) is 0 Å². The van der Waals surface area contributed by atoms with Crippen molar-refractivity contribution < 1.29 is 97.0 Å². The van der Waals surface area contributed by atoms with E-state index in [2.05, 4.69) is 0 Å². The Labute approximate surface area is 107 Å². The van der Waals surface area contributed by atoms with Gasteiger partial charge in [0.1, 0.15) is 0 Å². The van der Waals surface area contributed by atoms with Crippen LogP contribution in [0.3, 0.4) is 0 Å². The number of rotatable bonds is 0. The van der Waals surface area contributed by atoms with Gasteiger partial charge >= 0.3 is 46.6 Å². The Morgan fingerprint density at radius 2 is 0.769 bits per heavy atom. The van der Waals surface area contributed by atoms with Crippen LogP contribution >= 0.6 is 0 Å². The van der Waals surface area contributed by atoms with E-state index in [1.807, 2.05) is 0 Å². The van der Waals surface area contributed by atoms with Gasteiger partial charge in [0.25, 0.3) is 0 Å². The molecule has 0 aromatic carbocycles. The molecule has 0 unspecified atom stereocenters. The number of hydrogen-bond acceptors (Lipinski definition) is 5. The van der Waals surface area contributed by atoms with E-state index in [1.165, 1.54) is 0 Å². The van der Waals surface area contributed by atoms with Crippen LogP contribution in [0.15, 0.2) is 0 Å². The van der Waals surface area contributed by atoms with Gasteiger partial charge in [0, 0.05) is 10.4 Å². The van der Waals surface area contributed by atoms with E-state index in [0.29, 0.717) is 0 Å². The molecule has 0 aromatic rings. The van der Waals surface area contributed by atoms with Gasteiger partial charge in [0.15, 0.2) is 0 Å². The van der Waals surface area contributed by atoms with E-state index >= 15 is 0 Å². The summed E-state index contributed by atoms with van der Waals surface area (Å²) in [6, 6.07) is 0. The van der Waals surface area contributed by atoms with Crippen LogP contribution in [0, 0.1) is 0 Å². The van der Waals surface area contributed by atoms with Crippen molar-refractivity contribution in [1.82, 2.24) is 0 Å². The Morgan fingerprint density at radius 3 is 0.769 bits per heavy atom. The summed E-state index contributed by atoms with van der Waals surface area (Å²) in [4.78, 5) is 0. The average molecular weight is 290 g/mol. The molecule has 1 radical (unpaired) electrons. The third kappa shape index (κ3) is 1240. The maximum Gasteiger partial charge on any atom is 2.00 e. The van der Waals surface area contributed by atoms with Crippen LogP contribution in [0.1, 0.15) is 0 Å². The summed E-state index contributed by atoms with van der Waals surface area (Å²) in [7, 11) is -5.17. The predicted molar refractivity (Wildman–Crippen MR) is 30.5 cm³/mol. The molecular formula is H11CuNaO10S. The molecule has 0 aromatic heterocycles. The van der Waals surface area contributed by atoms with Gasteiger partial charge in [0.2, 0.25) is 0 Å². The molecule has 0 spiro atoms. The molecule has 0 aliphatic carbocycles. The van der Waals surface area contributed by atoms with Crippen LogP contribution in [0.25, 0.3) is 0 Å². The molecule has 0 aliphatic rings. The molecule has 0 rings (SSSR count). The van der Waals surface area contributed by atoms with Crippen molar-refractivity contribution in [3.8, 4) is 0 Å². The second-order valence-electron chi connectivity index (χ2n) is 0.408. The van der Waals surface area contributed by atoms with E-state index in [0.717, 1.165) is 0 Å². The molecule has 0 atom stereocenters. The van der Waals surface area contributed by atoms with Crippen LogP contribution in [0.4, 0.5) is 0 Å². The molecule has 0 amide bonds. The zero-order chi connectivity index (χ0) is 4.50. The molecule has 13 heteroatoms. The monoisotopic (exact) mass is 289 g/mol. The largest absolute Gasteiger partial charge is 2.00 e. The first-order chi connectivity index (χ1) is 2.00. The van der Waals surface area contributed by atoms with Gasteiger partial charge in [0.05, 0.1) is 0 Å². The second-order valence-corrected chi connectivity index (χ2v) is 1.22. The summed E-state index contributed by atoms with van der Waals surface area (Å²) in [6.45, 7) is 0. The van der Waals surface area contributed by atoms with E-state index in [9.17, 15) is 0 Å². The second kappa shape index (κ2) is 38.0. The van der Waals surface area contributed by atoms with E-state index in [-0.39, 0.29) is 79.5 Å². The van der Waals surface area contributed by atoms with Crippen LogP contribution in [-0.4, -0.2) is 50.4 Å².